The molecule has 0 saturated heterocycles. The fourth-order valence-electron chi connectivity index (χ4n) is 2.43. The molecular formula is C20H22N2O5. The Morgan fingerprint density at radius 1 is 1.22 bits per heavy atom. The quantitative estimate of drug-likeness (QED) is 0.571. The van der Waals surface area contributed by atoms with Gasteiger partial charge in [-0.2, -0.15) is 0 Å². The Balaban J connectivity index is 1.44. The molecule has 2 aromatic carbocycles. The molecule has 2 aromatic rings. The Kier molecular flexibility index (Phi) is 6.14. The molecule has 0 aliphatic carbocycles. The van der Waals surface area contributed by atoms with Gasteiger partial charge in [-0.05, 0) is 61.4 Å². The highest BCUT2D eigenvalue weighted by Gasteiger charge is 2.16. The Bertz CT molecular complexity index is 805. The van der Waals surface area contributed by atoms with Crippen molar-refractivity contribution in [3.05, 3.63) is 53.6 Å². The molecule has 0 aromatic heterocycles. The van der Waals surface area contributed by atoms with Crippen LogP contribution in [0.5, 0.6) is 17.2 Å². The number of carbonyl (C=O) groups excluding carboxylic acids is 1. The maximum Gasteiger partial charge on any atom is 0.263 e. The molecule has 1 amide bonds. The van der Waals surface area contributed by atoms with Gasteiger partial charge in [-0.3, -0.25) is 4.79 Å². The topological polar surface area (TPSA) is 78.4 Å². The minimum absolute atomic E-state index is 0.225. The number of fused-ring (bicyclic) bond motifs is 1. The molecule has 142 valence electrons. The Morgan fingerprint density at radius 3 is 2.78 bits per heavy atom. The summed E-state index contributed by atoms with van der Waals surface area (Å²) in [5, 5.41) is 6.69. The average Bonchev–Trinajstić information content (AvgIpc) is 3.15. The number of amides is 1. The number of hydrogen-bond acceptors (Lipinski definition) is 6. The van der Waals surface area contributed by atoms with Crippen molar-refractivity contribution in [2.24, 2.45) is 5.16 Å². The molecule has 0 saturated carbocycles. The Hall–Kier alpha value is -3.22. The third kappa shape index (κ3) is 5.13. The molecule has 1 N–H and O–H groups in total. The minimum Gasteiger partial charge on any atom is -0.494 e. The molecule has 1 heterocycles. The van der Waals surface area contributed by atoms with Crippen molar-refractivity contribution in [2.45, 2.75) is 26.5 Å². The molecule has 7 heteroatoms. The van der Waals surface area contributed by atoms with Gasteiger partial charge >= 0.3 is 0 Å². The van der Waals surface area contributed by atoms with Gasteiger partial charge in [-0.1, -0.05) is 11.2 Å². The van der Waals surface area contributed by atoms with Crippen molar-refractivity contribution >= 4 is 12.1 Å². The highest BCUT2D eigenvalue weighted by atomic mass is 16.7. The van der Waals surface area contributed by atoms with Crippen LogP contribution in [0.2, 0.25) is 0 Å². The molecule has 0 radical (unpaired) electrons. The molecule has 3 rings (SSSR count). The van der Waals surface area contributed by atoms with Crippen LogP contribution in [0.1, 0.15) is 25.0 Å². The van der Waals surface area contributed by atoms with E-state index in [1.54, 1.807) is 13.1 Å². The van der Waals surface area contributed by atoms with Crippen LogP contribution in [0.25, 0.3) is 0 Å². The van der Waals surface area contributed by atoms with Crippen LogP contribution in [0.3, 0.4) is 0 Å². The normalized spacial score (nSPS) is 13.4. The number of oxime groups is 1. The van der Waals surface area contributed by atoms with Gasteiger partial charge < -0.3 is 24.4 Å². The number of ether oxygens (including phenoxy) is 3. The van der Waals surface area contributed by atoms with Gasteiger partial charge in [0.25, 0.3) is 5.91 Å². The molecule has 1 atom stereocenters. The monoisotopic (exact) mass is 370 g/mol. The van der Waals surface area contributed by atoms with Crippen LogP contribution in [0.15, 0.2) is 47.6 Å². The van der Waals surface area contributed by atoms with E-state index in [1.807, 2.05) is 49.4 Å². The zero-order valence-electron chi connectivity index (χ0n) is 15.3. The summed E-state index contributed by atoms with van der Waals surface area (Å²) in [6, 6.07) is 13.0. The van der Waals surface area contributed by atoms with Gasteiger partial charge in [0, 0.05) is 6.54 Å². The highest BCUT2D eigenvalue weighted by molar-refractivity contribution is 5.81. The minimum atomic E-state index is -0.710. The van der Waals surface area contributed by atoms with Crippen LogP contribution < -0.4 is 19.5 Å². The van der Waals surface area contributed by atoms with Gasteiger partial charge in [-0.15, -0.1) is 0 Å². The smallest absolute Gasteiger partial charge is 0.263 e. The second-order valence-electron chi connectivity index (χ2n) is 5.89. The van der Waals surface area contributed by atoms with Crippen LogP contribution in [-0.4, -0.2) is 31.6 Å². The van der Waals surface area contributed by atoms with Crippen molar-refractivity contribution in [1.29, 1.82) is 0 Å². The fourth-order valence-corrected chi connectivity index (χ4v) is 2.43. The molecule has 0 fully saturated rings. The van der Waals surface area contributed by atoms with E-state index in [-0.39, 0.29) is 12.7 Å². The van der Waals surface area contributed by atoms with E-state index in [0.717, 1.165) is 16.9 Å². The number of rotatable bonds is 8. The summed E-state index contributed by atoms with van der Waals surface area (Å²) in [4.78, 5) is 17.4. The highest BCUT2D eigenvalue weighted by Crippen LogP contribution is 2.32. The number of hydrogen-bond donors (Lipinski definition) is 1. The zero-order chi connectivity index (χ0) is 19.1. The molecule has 7 nitrogen and oxygen atoms in total. The lowest BCUT2D eigenvalue weighted by atomic mass is 10.2. The summed E-state index contributed by atoms with van der Waals surface area (Å²) < 4.78 is 16.0. The molecule has 0 spiro atoms. The molecule has 0 unspecified atom stereocenters. The van der Waals surface area contributed by atoms with Crippen molar-refractivity contribution in [3.8, 4) is 17.2 Å². The Labute approximate surface area is 157 Å². The van der Waals surface area contributed by atoms with Crippen molar-refractivity contribution in [1.82, 2.24) is 5.32 Å². The summed E-state index contributed by atoms with van der Waals surface area (Å²) >= 11 is 0. The molecule has 1 aliphatic heterocycles. The van der Waals surface area contributed by atoms with Gasteiger partial charge in [-0.25, -0.2) is 0 Å². The first-order chi connectivity index (χ1) is 13.2. The van der Waals surface area contributed by atoms with Crippen LogP contribution in [0.4, 0.5) is 0 Å². The standard InChI is InChI=1S/C20H22N2O5/c1-3-24-17-7-4-15(5-8-17)12-22-27-14(2)20(23)21-11-16-6-9-18-19(10-16)26-13-25-18/h4-10,12,14H,3,11,13H2,1-2H3,(H,21,23)/b22-12-/t14-/m1/s1. The lowest BCUT2D eigenvalue weighted by molar-refractivity contribution is -0.131. The first-order valence-electron chi connectivity index (χ1n) is 8.74. The average molecular weight is 370 g/mol. The molecule has 27 heavy (non-hydrogen) atoms. The summed E-state index contributed by atoms with van der Waals surface area (Å²) in [5.74, 6) is 1.94. The van der Waals surface area contributed by atoms with E-state index < -0.39 is 6.10 Å². The first-order valence-corrected chi connectivity index (χ1v) is 8.74. The number of nitrogens with zero attached hydrogens (tertiary/aromatic N) is 1. The summed E-state index contributed by atoms with van der Waals surface area (Å²) in [6.45, 7) is 4.79. The third-order valence-electron chi connectivity index (χ3n) is 3.88. The molecular weight excluding hydrogens is 348 g/mol. The Morgan fingerprint density at radius 2 is 2.00 bits per heavy atom. The lowest BCUT2D eigenvalue weighted by Crippen LogP contribution is -2.33. The molecule has 1 aliphatic rings. The van der Waals surface area contributed by atoms with Gasteiger partial charge in [0.1, 0.15) is 5.75 Å². The summed E-state index contributed by atoms with van der Waals surface area (Å²) in [7, 11) is 0. The predicted octanol–water partition coefficient (Wildman–Crippen LogP) is 2.87. The van der Waals surface area contributed by atoms with E-state index in [0.29, 0.717) is 24.7 Å². The lowest BCUT2D eigenvalue weighted by Gasteiger charge is -2.11. The third-order valence-corrected chi connectivity index (χ3v) is 3.88. The summed E-state index contributed by atoms with van der Waals surface area (Å²) in [6.07, 6.45) is 0.843. The predicted molar refractivity (Wildman–Crippen MR) is 100 cm³/mol. The number of benzene rings is 2. The largest absolute Gasteiger partial charge is 0.494 e. The van der Waals surface area contributed by atoms with E-state index >= 15 is 0 Å². The van der Waals surface area contributed by atoms with E-state index in [9.17, 15) is 4.79 Å². The number of carbonyl (C=O) groups is 1. The van der Waals surface area contributed by atoms with E-state index in [1.165, 1.54) is 0 Å². The zero-order valence-corrected chi connectivity index (χ0v) is 15.3. The second kappa shape index (κ2) is 8.93. The molecule has 0 bridgehead atoms. The van der Waals surface area contributed by atoms with Crippen LogP contribution in [0, 0.1) is 0 Å². The van der Waals surface area contributed by atoms with Crippen LogP contribution >= 0.6 is 0 Å². The maximum atomic E-state index is 12.1. The van der Waals surface area contributed by atoms with Gasteiger partial charge in [0.15, 0.2) is 11.5 Å². The number of nitrogens with one attached hydrogen (secondary N) is 1. The van der Waals surface area contributed by atoms with Gasteiger partial charge in [0.05, 0.1) is 12.8 Å². The van der Waals surface area contributed by atoms with Crippen molar-refractivity contribution in [2.75, 3.05) is 13.4 Å². The van der Waals surface area contributed by atoms with Gasteiger partial charge in [0.2, 0.25) is 12.9 Å². The van der Waals surface area contributed by atoms with Crippen molar-refractivity contribution < 1.29 is 23.8 Å². The first kappa shape index (κ1) is 18.6. The maximum absolute atomic E-state index is 12.1. The second-order valence-corrected chi connectivity index (χ2v) is 5.89. The van der Waals surface area contributed by atoms with Crippen LogP contribution in [-0.2, 0) is 16.2 Å². The fraction of sp³-hybridized carbons (Fsp3) is 0.300. The van der Waals surface area contributed by atoms with E-state index in [4.69, 9.17) is 19.0 Å². The SMILES string of the molecule is CCOc1ccc(/C=N\O[C@H](C)C(=O)NCc2ccc3c(c2)OCO3)cc1. The van der Waals surface area contributed by atoms with Crippen molar-refractivity contribution in [3.63, 3.8) is 0 Å². The van der Waals surface area contributed by atoms with E-state index in [2.05, 4.69) is 10.5 Å². The summed E-state index contributed by atoms with van der Waals surface area (Å²) in [5.41, 5.74) is 1.77.